The third-order valence-corrected chi connectivity index (χ3v) is 9.71. The van der Waals surface area contributed by atoms with Crippen molar-refractivity contribution in [3.8, 4) is 11.8 Å². The average molecular weight is 493 g/mol. The Morgan fingerprint density at radius 1 is 0.970 bits per heavy atom. The minimum Gasteiger partial charge on any atom is -0.412 e. The monoisotopic (exact) mass is 492 g/mol. The zero-order valence-corrected chi connectivity index (χ0v) is 22.5. The number of aliphatic hydroxyl groups is 1. The largest absolute Gasteiger partial charge is 0.412 e. The second kappa shape index (κ2) is 13.1. The Bertz CT molecular complexity index is 644. The summed E-state index contributed by atoms with van der Waals surface area (Å²) in [5, 5.41) is 7.00. The van der Waals surface area contributed by atoms with E-state index in [1.807, 2.05) is 13.6 Å². The first-order valence-electron chi connectivity index (χ1n) is 12.7. The highest BCUT2D eigenvalue weighted by atomic mass is 31.0. The van der Waals surface area contributed by atoms with Gasteiger partial charge in [0.2, 0.25) is 0 Å². The molecule has 4 aliphatic carbocycles. The lowest BCUT2D eigenvalue weighted by Crippen LogP contribution is -2.50. The van der Waals surface area contributed by atoms with Gasteiger partial charge in [-0.3, -0.25) is 0 Å². The van der Waals surface area contributed by atoms with Crippen LogP contribution >= 0.6 is 9.24 Å². The molecular formula is C27H48F3O2P. The Morgan fingerprint density at radius 3 is 2.21 bits per heavy atom. The molecule has 4 aliphatic rings. The van der Waals surface area contributed by atoms with Crippen molar-refractivity contribution in [2.75, 3.05) is 13.8 Å². The van der Waals surface area contributed by atoms with E-state index in [0.717, 1.165) is 50.0 Å². The Kier molecular flexibility index (Phi) is 12.2. The molecule has 0 aromatic carbocycles. The van der Waals surface area contributed by atoms with E-state index in [2.05, 4.69) is 34.9 Å². The van der Waals surface area contributed by atoms with Crippen LogP contribution in [0.4, 0.5) is 13.2 Å². The summed E-state index contributed by atoms with van der Waals surface area (Å²) in [6.07, 6.45) is 5.99. The summed E-state index contributed by atoms with van der Waals surface area (Å²) in [7, 11) is 3.42. The lowest BCUT2D eigenvalue weighted by molar-refractivity contribution is -0.196. The van der Waals surface area contributed by atoms with Crippen LogP contribution in [0.3, 0.4) is 0 Å². The molecule has 2 nitrogen and oxygen atoms in total. The molecule has 10 atom stereocenters. The summed E-state index contributed by atoms with van der Waals surface area (Å²) in [5.74, 6) is 9.98. The van der Waals surface area contributed by atoms with Crippen LogP contribution in [0.5, 0.6) is 0 Å². The first-order valence-corrected chi connectivity index (χ1v) is 13.9. The van der Waals surface area contributed by atoms with Crippen molar-refractivity contribution >= 4 is 9.24 Å². The van der Waals surface area contributed by atoms with Crippen LogP contribution in [0, 0.1) is 64.6 Å². The molecule has 33 heavy (non-hydrogen) atoms. The number of hydrogen-bond donors (Lipinski definition) is 1. The molecule has 0 saturated heterocycles. The summed E-state index contributed by atoms with van der Waals surface area (Å²) in [4.78, 5) is 0. The molecule has 194 valence electrons. The third-order valence-electron chi connectivity index (χ3n) is 9.71. The van der Waals surface area contributed by atoms with Gasteiger partial charge in [0.1, 0.15) is 0 Å². The highest BCUT2D eigenvalue weighted by molar-refractivity contribution is 7.15. The number of alkyl halides is 3. The maximum Gasteiger partial charge on any atom is 0.391 e. The Labute approximate surface area is 202 Å². The standard InChI is InChI=1S/C25H37F3.CH4O.CH5P.H2O/c1-4-5-6-7-18-14-16(2)23-22-10-8-17-15-19(25(26,27)28)9-11-20(17)21(22)12-13-24(18,23)3;2*1-2;/h16-23H,6-15H2,1-3H3;2H,1H3;2H2,1H3;1H2. The highest BCUT2D eigenvalue weighted by Crippen LogP contribution is 2.66. The molecular weight excluding hydrogens is 444 g/mol. The van der Waals surface area contributed by atoms with Crippen molar-refractivity contribution in [1.29, 1.82) is 0 Å². The minimum atomic E-state index is -3.98. The molecule has 0 aromatic heterocycles. The third kappa shape index (κ3) is 6.29. The summed E-state index contributed by atoms with van der Waals surface area (Å²) in [6.45, 7) is 8.86. The smallest absolute Gasteiger partial charge is 0.391 e. The van der Waals surface area contributed by atoms with Gasteiger partial charge in [0, 0.05) is 13.5 Å². The molecule has 0 amide bonds. The van der Waals surface area contributed by atoms with E-state index in [-0.39, 0.29) is 5.48 Å². The molecule has 0 aliphatic heterocycles. The number of aliphatic hydroxyl groups excluding tert-OH is 1. The van der Waals surface area contributed by atoms with Crippen LogP contribution in [-0.4, -0.2) is 30.5 Å². The van der Waals surface area contributed by atoms with Crippen molar-refractivity contribution in [3.05, 3.63) is 0 Å². The van der Waals surface area contributed by atoms with Crippen molar-refractivity contribution in [1.82, 2.24) is 0 Å². The molecule has 4 rings (SSSR count). The van der Waals surface area contributed by atoms with Crippen LogP contribution < -0.4 is 0 Å². The highest BCUT2D eigenvalue weighted by Gasteiger charge is 2.59. The van der Waals surface area contributed by atoms with Crippen molar-refractivity contribution in [3.63, 3.8) is 0 Å². The molecule has 6 heteroatoms. The van der Waals surface area contributed by atoms with Gasteiger partial charge in [0.25, 0.3) is 0 Å². The van der Waals surface area contributed by atoms with Crippen molar-refractivity contribution < 1.29 is 23.8 Å². The quantitative estimate of drug-likeness (QED) is 0.336. The van der Waals surface area contributed by atoms with Crippen molar-refractivity contribution in [2.24, 2.45) is 52.8 Å². The Morgan fingerprint density at radius 2 is 1.61 bits per heavy atom. The first kappa shape index (κ1) is 30.7. The van der Waals surface area contributed by atoms with E-state index in [9.17, 15) is 13.2 Å². The summed E-state index contributed by atoms with van der Waals surface area (Å²) in [5.41, 5.74) is 0.437. The SMILES string of the molecule is CC#CCCC1CC(C)C2C3CCC4CC(C(F)(F)F)CCC4C3CCC12C.CO.CP.O. The van der Waals surface area contributed by atoms with Gasteiger partial charge in [-0.05, 0) is 112 Å². The lowest BCUT2D eigenvalue weighted by atomic mass is 9.48. The van der Waals surface area contributed by atoms with Crippen LogP contribution in [0.1, 0.15) is 85.0 Å². The second-order valence-corrected chi connectivity index (χ2v) is 10.8. The van der Waals surface area contributed by atoms with E-state index in [0.29, 0.717) is 36.0 Å². The van der Waals surface area contributed by atoms with Gasteiger partial charge in [-0.2, -0.15) is 13.2 Å². The van der Waals surface area contributed by atoms with Crippen LogP contribution in [0.25, 0.3) is 0 Å². The maximum atomic E-state index is 13.3. The topological polar surface area (TPSA) is 51.7 Å². The molecule has 3 N–H and O–H groups in total. The molecule has 0 radical (unpaired) electrons. The van der Waals surface area contributed by atoms with E-state index in [4.69, 9.17) is 5.11 Å². The fraction of sp³-hybridized carbons (Fsp3) is 0.926. The van der Waals surface area contributed by atoms with Gasteiger partial charge >= 0.3 is 6.18 Å². The summed E-state index contributed by atoms with van der Waals surface area (Å²) < 4.78 is 39.8. The van der Waals surface area contributed by atoms with Crippen molar-refractivity contribution in [2.45, 2.75) is 91.2 Å². The number of halogens is 3. The van der Waals surface area contributed by atoms with Gasteiger partial charge in [0.05, 0.1) is 5.92 Å². The second-order valence-electron chi connectivity index (χ2n) is 10.8. The first-order chi connectivity index (χ1) is 15.3. The van der Waals surface area contributed by atoms with Gasteiger partial charge < -0.3 is 10.6 Å². The number of rotatable bonds is 2. The molecule has 4 saturated carbocycles. The number of hydrogen-bond acceptors (Lipinski definition) is 1. The predicted molar refractivity (Wildman–Crippen MR) is 135 cm³/mol. The zero-order chi connectivity index (χ0) is 24.1. The summed E-state index contributed by atoms with van der Waals surface area (Å²) >= 11 is 0. The molecule has 4 fully saturated rings. The van der Waals surface area contributed by atoms with E-state index < -0.39 is 12.1 Å². The van der Waals surface area contributed by atoms with Crippen LogP contribution in [0.15, 0.2) is 0 Å². The van der Waals surface area contributed by atoms with Gasteiger partial charge in [-0.15, -0.1) is 21.1 Å². The molecule has 10 unspecified atom stereocenters. The maximum absolute atomic E-state index is 13.3. The fourth-order valence-corrected chi connectivity index (χ4v) is 8.66. The Balaban J connectivity index is 0.00000103. The average Bonchev–Trinajstić information content (AvgIpc) is 3.05. The van der Waals surface area contributed by atoms with Gasteiger partial charge in [-0.1, -0.05) is 20.5 Å². The Hall–Kier alpha value is -0.300. The van der Waals surface area contributed by atoms with E-state index >= 15 is 0 Å². The molecule has 0 aromatic rings. The van der Waals surface area contributed by atoms with Gasteiger partial charge in [0.15, 0.2) is 0 Å². The zero-order valence-electron chi connectivity index (χ0n) is 21.3. The molecule has 0 spiro atoms. The fourth-order valence-electron chi connectivity index (χ4n) is 8.66. The van der Waals surface area contributed by atoms with Gasteiger partial charge in [-0.25, -0.2) is 0 Å². The number of fused-ring (bicyclic) bond motifs is 5. The molecule has 0 heterocycles. The van der Waals surface area contributed by atoms with E-state index in [1.54, 1.807) is 0 Å². The predicted octanol–water partition coefficient (Wildman–Crippen LogP) is 6.76. The minimum absolute atomic E-state index is 0. The van der Waals surface area contributed by atoms with E-state index in [1.165, 1.54) is 32.1 Å². The molecule has 0 bridgehead atoms. The normalized spacial score (nSPS) is 41.2. The summed E-state index contributed by atoms with van der Waals surface area (Å²) in [6, 6.07) is 0. The van der Waals surface area contributed by atoms with Crippen LogP contribution in [0.2, 0.25) is 0 Å². The lowest BCUT2D eigenvalue weighted by Gasteiger charge is -2.57. The van der Waals surface area contributed by atoms with Crippen LogP contribution in [-0.2, 0) is 0 Å².